The van der Waals surface area contributed by atoms with Crippen molar-refractivity contribution < 1.29 is 18.7 Å². The Morgan fingerprint density at radius 3 is 2.33 bits per heavy atom. The highest BCUT2D eigenvalue weighted by molar-refractivity contribution is 6.01. The molecule has 144 valence electrons. The maximum atomic E-state index is 13.8. The summed E-state index contributed by atoms with van der Waals surface area (Å²) >= 11 is 0. The molecule has 0 aliphatic rings. The summed E-state index contributed by atoms with van der Waals surface area (Å²) in [7, 11) is 0. The van der Waals surface area contributed by atoms with E-state index in [4.69, 9.17) is 10.5 Å². The van der Waals surface area contributed by atoms with E-state index in [0.29, 0.717) is 5.56 Å². The molecule has 2 rings (SSSR count). The van der Waals surface area contributed by atoms with E-state index in [1.54, 1.807) is 58.0 Å². The number of rotatable bonds is 5. The lowest BCUT2D eigenvalue weighted by Gasteiger charge is -2.31. The molecule has 0 saturated heterocycles. The number of hydrogen-bond acceptors (Lipinski definition) is 5. The molecule has 0 saturated carbocycles. The summed E-state index contributed by atoms with van der Waals surface area (Å²) in [5, 5.41) is 1.05. The third kappa shape index (κ3) is 5.44. The van der Waals surface area contributed by atoms with Crippen LogP contribution in [0.5, 0.6) is 0 Å². The molecule has 2 aromatic carbocycles. The summed E-state index contributed by atoms with van der Waals surface area (Å²) in [6.45, 7) is 6.72. The van der Waals surface area contributed by atoms with Gasteiger partial charge in [-0.2, -0.15) is 0 Å². The van der Waals surface area contributed by atoms with E-state index in [1.165, 1.54) is 12.1 Å². The SMILES string of the molecule is CC(C(=O)c1ccccc1)N(Nc1ccc(N)c(F)c1)C(=O)OC(C)(C)C. The zero-order valence-electron chi connectivity index (χ0n) is 15.8. The molecule has 0 radical (unpaired) electrons. The first-order chi connectivity index (χ1) is 12.6. The Bertz CT molecular complexity index is 819. The number of Topliss-reactive ketones (excluding diaryl/α,β-unsaturated/α-hetero) is 1. The van der Waals surface area contributed by atoms with Crippen LogP contribution in [0.4, 0.5) is 20.6 Å². The summed E-state index contributed by atoms with van der Waals surface area (Å²) in [4.78, 5) is 25.4. The van der Waals surface area contributed by atoms with Gasteiger partial charge in [0, 0.05) is 11.6 Å². The van der Waals surface area contributed by atoms with Crippen molar-refractivity contribution >= 4 is 23.3 Å². The minimum Gasteiger partial charge on any atom is -0.442 e. The number of nitrogens with two attached hydrogens (primary N) is 1. The normalized spacial score (nSPS) is 12.2. The number of hydrogen-bond donors (Lipinski definition) is 2. The maximum absolute atomic E-state index is 13.8. The number of halogens is 1. The number of nitrogen functional groups attached to an aromatic ring is 1. The van der Waals surface area contributed by atoms with Crippen molar-refractivity contribution in [2.75, 3.05) is 11.2 Å². The van der Waals surface area contributed by atoms with Gasteiger partial charge in [0.25, 0.3) is 0 Å². The van der Waals surface area contributed by atoms with Crippen molar-refractivity contribution in [2.45, 2.75) is 39.3 Å². The number of benzene rings is 2. The molecule has 0 fully saturated rings. The monoisotopic (exact) mass is 373 g/mol. The van der Waals surface area contributed by atoms with Crippen LogP contribution in [0.3, 0.4) is 0 Å². The van der Waals surface area contributed by atoms with Gasteiger partial charge in [0.2, 0.25) is 0 Å². The standard InChI is InChI=1S/C20H24FN3O3/c1-13(18(25)14-8-6-5-7-9-14)24(19(26)27-20(2,3)4)23-15-10-11-17(22)16(21)12-15/h5-13,23H,22H2,1-4H3. The summed E-state index contributed by atoms with van der Waals surface area (Å²) in [5.74, 6) is -0.920. The third-order valence-corrected chi connectivity index (χ3v) is 3.67. The number of anilines is 2. The molecule has 0 aromatic heterocycles. The fourth-order valence-electron chi connectivity index (χ4n) is 2.31. The molecule has 6 nitrogen and oxygen atoms in total. The lowest BCUT2D eigenvalue weighted by atomic mass is 10.1. The van der Waals surface area contributed by atoms with E-state index < -0.39 is 23.6 Å². The van der Waals surface area contributed by atoms with Crippen LogP contribution in [0, 0.1) is 5.82 Å². The Morgan fingerprint density at radius 1 is 1.15 bits per heavy atom. The fraction of sp³-hybridized carbons (Fsp3) is 0.300. The van der Waals surface area contributed by atoms with Gasteiger partial charge in [-0.15, -0.1) is 0 Å². The highest BCUT2D eigenvalue weighted by Gasteiger charge is 2.31. The Balaban J connectivity index is 2.32. The number of nitrogens with zero attached hydrogens (tertiary/aromatic N) is 1. The molecule has 0 aliphatic carbocycles. The second kappa shape index (κ2) is 8.07. The van der Waals surface area contributed by atoms with Gasteiger partial charge < -0.3 is 10.5 Å². The number of carbonyl (C=O) groups is 2. The van der Waals surface area contributed by atoms with Crippen LogP contribution in [0.1, 0.15) is 38.1 Å². The van der Waals surface area contributed by atoms with Crippen molar-refractivity contribution in [1.82, 2.24) is 5.01 Å². The number of hydrazine groups is 1. The summed E-state index contributed by atoms with van der Waals surface area (Å²) in [5.41, 5.74) is 8.18. The van der Waals surface area contributed by atoms with E-state index in [-0.39, 0.29) is 17.2 Å². The average Bonchev–Trinajstić information content (AvgIpc) is 2.60. The Morgan fingerprint density at radius 2 is 1.78 bits per heavy atom. The van der Waals surface area contributed by atoms with Crippen LogP contribution in [0.15, 0.2) is 48.5 Å². The number of carbonyl (C=O) groups excluding carboxylic acids is 2. The Kier molecular flexibility index (Phi) is 6.05. The maximum Gasteiger partial charge on any atom is 0.429 e. The number of nitrogens with one attached hydrogen (secondary N) is 1. The Labute approximate surface area is 158 Å². The van der Waals surface area contributed by atoms with Gasteiger partial charge in [-0.05, 0) is 39.8 Å². The predicted octanol–water partition coefficient (Wildman–Crippen LogP) is 4.24. The first kappa shape index (κ1) is 20.2. The predicted molar refractivity (Wildman–Crippen MR) is 103 cm³/mol. The molecule has 27 heavy (non-hydrogen) atoms. The molecule has 0 aliphatic heterocycles. The van der Waals surface area contributed by atoms with Crippen molar-refractivity contribution in [3.05, 3.63) is 59.9 Å². The third-order valence-electron chi connectivity index (χ3n) is 3.67. The van der Waals surface area contributed by atoms with Crippen molar-refractivity contribution in [3.8, 4) is 0 Å². The lowest BCUT2D eigenvalue weighted by Crippen LogP contribution is -2.49. The number of ketones is 1. The number of ether oxygens (including phenoxy) is 1. The van der Waals surface area contributed by atoms with Gasteiger partial charge in [0.05, 0.1) is 11.4 Å². The molecule has 1 amide bonds. The second-order valence-electron chi connectivity index (χ2n) is 7.10. The van der Waals surface area contributed by atoms with Gasteiger partial charge in [-0.3, -0.25) is 10.2 Å². The van der Waals surface area contributed by atoms with Gasteiger partial charge in [0.15, 0.2) is 5.78 Å². The van der Waals surface area contributed by atoms with Crippen LogP contribution >= 0.6 is 0 Å². The average molecular weight is 373 g/mol. The summed E-state index contributed by atoms with van der Waals surface area (Å²) in [6, 6.07) is 11.7. The summed E-state index contributed by atoms with van der Waals surface area (Å²) < 4.78 is 19.1. The molecule has 0 heterocycles. The number of amides is 1. The minimum atomic E-state index is -0.900. The molecular weight excluding hydrogens is 349 g/mol. The quantitative estimate of drug-likeness (QED) is 0.465. The van der Waals surface area contributed by atoms with E-state index in [9.17, 15) is 14.0 Å². The molecule has 0 bridgehead atoms. The zero-order valence-corrected chi connectivity index (χ0v) is 15.8. The molecule has 0 spiro atoms. The molecular formula is C20H24FN3O3. The van der Waals surface area contributed by atoms with Gasteiger partial charge in [-0.25, -0.2) is 14.2 Å². The van der Waals surface area contributed by atoms with Gasteiger partial charge in [0.1, 0.15) is 17.5 Å². The topological polar surface area (TPSA) is 84.7 Å². The van der Waals surface area contributed by atoms with E-state index >= 15 is 0 Å². The molecule has 3 N–H and O–H groups in total. The van der Waals surface area contributed by atoms with Crippen LogP contribution < -0.4 is 11.2 Å². The van der Waals surface area contributed by atoms with Crippen LogP contribution in [-0.4, -0.2) is 28.5 Å². The lowest BCUT2D eigenvalue weighted by molar-refractivity contribution is 0.0229. The van der Waals surface area contributed by atoms with Gasteiger partial charge in [-0.1, -0.05) is 30.3 Å². The van der Waals surface area contributed by atoms with E-state index in [0.717, 1.165) is 11.1 Å². The first-order valence-corrected chi connectivity index (χ1v) is 8.51. The van der Waals surface area contributed by atoms with E-state index in [1.807, 2.05) is 0 Å². The first-order valence-electron chi connectivity index (χ1n) is 8.51. The molecule has 1 atom stereocenters. The van der Waals surface area contributed by atoms with Crippen LogP contribution in [-0.2, 0) is 4.74 Å². The highest BCUT2D eigenvalue weighted by Crippen LogP contribution is 2.20. The smallest absolute Gasteiger partial charge is 0.429 e. The van der Waals surface area contributed by atoms with Crippen LogP contribution in [0.2, 0.25) is 0 Å². The van der Waals surface area contributed by atoms with Crippen molar-refractivity contribution in [3.63, 3.8) is 0 Å². The van der Waals surface area contributed by atoms with Crippen molar-refractivity contribution in [1.29, 1.82) is 0 Å². The molecule has 7 heteroatoms. The summed E-state index contributed by atoms with van der Waals surface area (Å²) in [6.07, 6.45) is -0.753. The van der Waals surface area contributed by atoms with E-state index in [2.05, 4.69) is 5.43 Å². The second-order valence-corrected chi connectivity index (χ2v) is 7.10. The zero-order chi connectivity index (χ0) is 20.2. The van der Waals surface area contributed by atoms with Crippen molar-refractivity contribution in [2.24, 2.45) is 0 Å². The largest absolute Gasteiger partial charge is 0.442 e. The molecule has 2 aromatic rings. The minimum absolute atomic E-state index is 0.0159. The Hall–Kier alpha value is -3.09. The van der Waals surface area contributed by atoms with Crippen LogP contribution in [0.25, 0.3) is 0 Å². The fourth-order valence-corrected chi connectivity index (χ4v) is 2.31. The molecule has 1 unspecified atom stereocenters. The highest BCUT2D eigenvalue weighted by atomic mass is 19.1. The van der Waals surface area contributed by atoms with Gasteiger partial charge >= 0.3 is 6.09 Å².